The van der Waals surface area contributed by atoms with E-state index in [1.165, 1.54) is 0 Å². The summed E-state index contributed by atoms with van der Waals surface area (Å²) < 4.78 is 34.1. The third-order valence-electron chi connectivity index (χ3n) is 5.52. The van der Waals surface area contributed by atoms with Crippen molar-refractivity contribution in [2.24, 2.45) is 21.7 Å². The SMILES string of the molecule is CC(C)(C)C(=O)OC[C@H]1OC(OCC(=O)O)[C@@H](OC(=O)C(C)(C)C)[C@@H](OC(=O)C(C)(C)C)[C@@H]1OC(=O)C(C)(C)C. The Bertz CT molecular complexity index is 942. The number of carbonyl (C=O) groups excluding carboxylic acids is 4. The van der Waals surface area contributed by atoms with Gasteiger partial charge in [-0.1, -0.05) is 0 Å². The van der Waals surface area contributed by atoms with Crippen LogP contribution in [0.4, 0.5) is 0 Å². The lowest BCUT2D eigenvalue weighted by molar-refractivity contribution is -0.311. The topological polar surface area (TPSA) is 161 Å². The van der Waals surface area contributed by atoms with Crippen molar-refractivity contribution in [1.29, 1.82) is 0 Å². The van der Waals surface area contributed by atoms with Gasteiger partial charge in [-0.25, -0.2) is 4.79 Å². The molecule has 0 amide bonds. The molecule has 0 aromatic heterocycles. The molecule has 40 heavy (non-hydrogen) atoms. The van der Waals surface area contributed by atoms with Crippen LogP contribution in [0.5, 0.6) is 0 Å². The quantitative estimate of drug-likeness (QED) is 0.333. The molecule has 0 aromatic carbocycles. The van der Waals surface area contributed by atoms with Crippen molar-refractivity contribution in [1.82, 2.24) is 0 Å². The fourth-order valence-corrected chi connectivity index (χ4v) is 2.98. The summed E-state index contributed by atoms with van der Waals surface area (Å²) in [6.07, 6.45) is -7.32. The van der Waals surface area contributed by atoms with E-state index < -0.39 is 95.4 Å². The van der Waals surface area contributed by atoms with Gasteiger partial charge in [-0.05, 0) is 83.1 Å². The van der Waals surface area contributed by atoms with Crippen molar-refractivity contribution in [2.45, 2.75) is 114 Å². The van der Waals surface area contributed by atoms with Crippen molar-refractivity contribution in [3.05, 3.63) is 0 Å². The summed E-state index contributed by atoms with van der Waals surface area (Å²) in [5.41, 5.74) is -3.93. The average Bonchev–Trinajstić information content (AvgIpc) is 2.76. The molecule has 1 fully saturated rings. The first kappa shape index (κ1) is 35.3. The number of ether oxygens (including phenoxy) is 6. The molecule has 12 heteroatoms. The molecule has 12 nitrogen and oxygen atoms in total. The molecule has 1 saturated heterocycles. The van der Waals surface area contributed by atoms with Crippen molar-refractivity contribution >= 4 is 29.8 Å². The Balaban J connectivity index is 3.71. The molecule has 1 aliphatic rings. The Kier molecular flexibility index (Phi) is 11.3. The van der Waals surface area contributed by atoms with Crippen LogP contribution in [0.15, 0.2) is 0 Å². The smallest absolute Gasteiger partial charge is 0.329 e. The second-order valence-electron chi connectivity index (χ2n) is 14.0. The maximum absolute atomic E-state index is 13.1. The first-order valence-corrected chi connectivity index (χ1v) is 13.1. The van der Waals surface area contributed by atoms with Crippen molar-refractivity contribution in [3.63, 3.8) is 0 Å². The molecule has 0 aliphatic carbocycles. The van der Waals surface area contributed by atoms with E-state index in [4.69, 9.17) is 28.4 Å². The molecular formula is C28H46O12. The van der Waals surface area contributed by atoms with Crippen LogP contribution in [0.25, 0.3) is 0 Å². The number of rotatable bonds is 8. The van der Waals surface area contributed by atoms with Gasteiger partial charge in [0.05, 0.1) is 21.7 Å². The van der Waals surface area contributed by atoms with E-state index in [9.17, 15) is 29.1 Å². The fourth-order valence-electron chi connectivity index (χ4n) is 2.98. The summed E-state index contributed by atoms with van der Waals surface area (Å²) in [7, 11) is 0. The van der Waals surface area contributed by atoms with Crippen molar-refractivity contribution in [3.8, 4) is 0 Å². The third kappa shape index (κ3) is 10.3. The first-order chi connectivity index (χ1) is 17.9. The highest BCUT2D eigenvalue weighted by atomic mass is 16.7. The molecule has 0 radical (unpaired) electrons. The molecular weight excluding hydrogens is 528 g/mol. The Morgan fingerprint density at radius 3 is 1.35 bits per heavy atom. The van der Waals surface area contributed by atoms with Gasteiger partial charge in [0.25, 0.3) is 0 Å². The van der Waals surface area contributed by atoms with Crippen LogP contribution >= 0.6 is 0 Å². The van der Waals surface area contributed by atoms with Crippen LogP contribution in [0.3, 0.4) is 0 Å². The zero-order valence-electron chi connectivity index (χ0n) is 25.7. The monoisotopic (exact) mass is 574 g/mol. The van der Waals surface area contributed by atoms with Gasteiger partial charge >= 0.3 is 29.8 Å². The minimum Gasteiger partial charge on any atom is -0.480 e. The number of hydrogen-bond acceptors (Lipinski definition) is 11. The van der Waals surface area contributed by atoms with Crippen molar-refractivity contribution in [2.75, 3.05) is 13.2 Å². The van der Waals surface area contributed by atoms with E-state index in [1.807, 2.05) is 0 Å². The number of hydrogen-bond donors (Lipinski definition) is 1. The van der Waals surface area contributed by atoms with Crippen LogP contribution in [0, 0.1) is 21.7 Å². The lowest BCUT2D eigenvalue weighted by atomic mass is 9.93. The third-order valence-corrected chi connectivity index (χ3v) is 5.52. The first-order valence-electron chi connectivity index (χ1n) is 13.1. The van der Waals surface area contributed by atoms with Gasteiger partial charge in [0.15, 0.2) is 24.6 Å². The van der Waals surface area contributed by atoms with E-state index in [1.54, 1.807) is 83.1 Å². The summed E-state index contributed by atoms with van der Waals surface area (Å²) in [5.74, 6) is -4.10. The summed E-state index contributed by atoms with van der Waals surface area (Å²) in [5, 5.41) is 9.24. The zero-order chi connectivity index (χ0) is 31.4. The molecule has 230 valence electrons. The molecule has 1 unspecified atom stereocenters. The highest BCUT2D eigenvalue weighted by Crippen LogP contribution is 2.34. The second kappa shape index (κ2) is 12.8. The molecule has 0 spiro atoms. The van der Waals surface area contributed by atoms with E-state index in [0.717, 1.165) is 0 Å². The maximum atomic E-state index is 13.1. The van der Waals surface area contributed by atoms with E-state index >= 15 is 0 Å². The summed E-state index contributed by atoms with van der Waals surface area (Å²) >= 11 is 0. The average molecular weight is 575 g/mol. The van der Waals surface area contributed by atoms with Crippen LogP contribution in [0.1, 0.15) is 83.1 Å². The number of carboxylic acid groups (broad SMARTS) is 1. The van der Waals surface area contributed by atoms with Crippen LogP contribution in [0.2, 0.25) is 0 Å². The van der Waals surface area contributed by atoms with E-state index in [2.05, 4.69) is 0 Å². The molecule has 1 aliphatic heterocycles. The standard InChI is InChI=1S/C28H46O12/c1-25(2,3)21(31)36-13-15-17(38-22(32)26(4,5)6)18(39-23(33)27(7,8)9)19(40-24(34)28(10,11)12)20(37-15)35-14-16(29)30/h15,17-20H,13-14H2,1-12H3,(H,29,30)/t15-,17-,18+,19+,20?/m1/s1. The molecule has 1 rings (SSSR count). The predicted molar refractivity (Wildman–Crippen MR) is 141 cm³/mol. The lowest BCUT2D eigenvalue weighted by Gasteiger charge is -2.45. The number of carboxylic acids is 1. The van der Waals surface area contributed by atoms with E-state index in [0.29, 0.717) is 0 Å². The van der Waals surface area contributed by atoms with Crippen LogP contribution < -0.4 is 0 Å². The Morgan fingerprint density at radius 2 is 0.975 bits per heavy atom. The van der Waals surface area contributed by atoms with Crippen molar-refractivity contribution < 1.29 is 57.5 Å². The highest BCUT2D eigenvalue weighted by Gasteiger charge is 2.55. The van der Waals surface area contributed by atoms with Gasteiger partial charge in [-0.3, -0.25) is 19.2 Å². The maximum Gasteiger partial charge on any atom is 0.329 e. The molecule has 1 N–H and O–H groups in total. The normalized spacial score (nSPS) is 24.1. The van der Waals surface area contributed by atoms with Crippen LogP contribution in [-0.4, -0.2) is 78.9 Å². The Morgan fingerprint density at radius 1 is 0.600 bits per heavy atom. The lowest BCUT2D eigenvalue weighted by Crippen LogP contribution is -2.64. The molecule has 5 atom stereocenters. The predicted octanol–water partition coefficient (Wildman–Crippen LogP) is 3.28. The van der Waals surface area contributed by atoms with Gasteiger partial charge < -0.3 is 33.5 Å². The van der Waals surface area contributed by atoms with Gasteiger partial charge in [0, 0.05) is 0 Å². The molecule has 0 saturated carbocycles. The highest BCUT2D eigenvalue weighted by molar-refractivity contribution is 5.78. The molecule has 1 heterocycles. The second-order valence-corrected chi connectivity index (χ2v) is 14.0. The summed E-state index contributed by atoms with van der Waals surface area (Å²) in [6, 6.07) is 0. The Hall–Kier alpha value is -2.73. The largest absolute Gasteiger partial charge is 0.480 e. The number of carbonyl (C=O) groups is 5. The molecule has 0 aromatic rings. The van der Waals surface area contributed by atoms with E-state index in [-0.39, 0.29) is 0 Å². The number of aliphatic carboxylic acids is 1. The van der Waals surface area contributed by atoms with Gasteiger partial charge in [0.2, 0.25) is 0 Å². The van der Waals surface area contributed by atoms with Gasteiger partial charge in [0.1, 0.15) is 19.3 Å². The Labute approximate surface area is 236 Å². The summed E-state index contributed by atoms with van der Waals surface area (Å²) in [4.78, 5) is 63.0. The fraction of sp³-hybridized carbons (Fsp3) is 0.821. The molecule has 0 bridgehead atoms. The number of esters is 4. The zero-order valence-corrected chi connectivity index (χ0v) is 25.7. The summed E-state index contributed by atoms with van der Waals surface area (Å²) in [6.45, 7) is 18.0. The minimum absolute atomic E-state index is 0.464. The van der Waals surface area contributed by atoms with Gasteiger partial charge in [-0.15, -0.1) is 0 Å². The van der Waals surface area contributed by atoms with Gasteiger partial charge in [-0.2, -0.15) is 0 Å². The minimum atomic E-state index is -1.58. The van der Waals surface area contributed by atoms with Crippen LogP contribution in [-0.2, 0) is 52.4 Å².